The van der Waals surface area contributed by atoms with Gasteiger partial charge in [-0.1, -0.05) is 6.07 Å². The van der Waals surface area contributed by atoms with Gasteiger partial charge in [0.15, 0.2) is 0 Å². The first kappa shape index (κ1) is 17.9. The number of benzene rings is 1. The molecule has 1 fully saturated rings. The number of aromatic nitrogens is 5. The molecule has 3 aromatic rings. The van der Waals surface area contributed by atoms with E-state index in [1.807, 2.05) is 25.1 Å². The van der Waals surface area contributed by atoms with Crippen LogP contribution in [0.2, 0.25) is 0 Å². The molecule has 3 heterocycles. The second-order valence-electron chi connectivity index (χ2n) is 6.80. The molecule has 2 aromatic heterocycles. The van der Waals surface area contributed by atoms with Gasteiger partial charge in [-0.05, 0) is 43.5 Å². The fraction of sp³-hybridized carbons (Fsp3) is 0.316. The summed E-state index contributed by atoms with van der Waals surface area (Å²) in [5, 5.41) is 13.7. The van der Waals surface area contributed by atoms with Crippen molar-refractivity contribution >= 4 is 17.7 Å². The SMILES string of the molecule is Cc1ccc(-n2cnnc2)cc1NC(=O)NC1CCCN(c2ncccn2)C1. The Balaban J connectivity index is 1.40. The molecule has 0 radical (unpaired) electrons. The van der Waals surface area contributed by atoms with E-state index in [0.29, 0.717) is 12.5 Å². The molecule has 1 aliphatic heterocycles. The van der Waals surface area contributed by atoms with Gasteiger partial charge >= 0.3 is 6.03 Å². The fourth-order valence-electron chi connectivity index (χ4n) is 3.31. The molecule has 4 rings (SSSR count). The minimum Gasteiger partial charge on any atom is -0.339 e. The Morgan fingerprint density at radius 1 is 1.18 bits per heavy atom. The van der Waals surface area contributed by atoms with Crippen LogP contribution in [0.15, 0.2) is 49.3 Å². The Hall–Kier alpha value is -3.49. The zero-order chi connectivity index (χ0) is 19.3. The van der Waals surface area contributed by atoms with Gasteiger partial charge < -0.3 is 15.5 Å². The average molecular weight is 378 g/mol. The number of hydrogen-bond donors (Lipinski definition) is 2. The minimum atomic E-state index is -0.218. The second kappa shape index (κ2) is 8.03. The van der Waals surface area contributed by atoms with Crippen molar-refractivity contribution in [3.05, 3.63) is 54.9 Å². The molecular formula is C19H22N8O. The molecule has 1 unspecified atom stereocenters. The van der Waals surface area contributed by atoms with Gasteiger partial charge in [-0.3, -0.25) is 4.57 Å². The summed E-state index contributed by atoms with van der Waals surface area (Å²) in [5.74, 6) is 0.701. The third kappa shape index (κ3) is 4.08. The Bertz CT molecular complexity index is 928. The van der Waals surface area contributed by atoms with Crippen molar-refractivity contribution in [3.8, 4) is 5.69 Å². The number of carbonyl (C=O) groups excluding carboxylic acids is 1. The molecule has 9 heteroatoms. The predicted molar refractivity (Wildman–Crippen MR) is 106 cm³/mol. The van der Waals surface area contributed by atoms with E-state index in [-0.39, 0.29) is 12.1 Å². The van der Waals surface area contributed by atoms with Gasteiger partial charge in [-0.15, -0.1) is 10.2 Å². The van der Waals surface area contributed by atoms with Gasteiger partial charge in [-0.2, -0.15) is 0 Å². The monoisotopic (exact) mass is 378 g/mol. The maximum Gasteiger partial charge on any atom is 0.319 e. The van der Waals surface area contributed by atoms with Crippen LogP contribution in [0.1, 0.15) is 18.4 Å². The smallest absolute Gasteiger partial charge is 0.319 e. The van der Waals surface area contributed by atoms with Crippen LogP contribution in [0, 0.1) is 6.92 Å². The van der Waals surface area contributed by atoms with Crippen LogP contribution in [0.25, 0.3) is 5.69 Å². The summed E-state index contributed by atoms with van der Waals surface area (Å²) in [5.41, 5.74) is 2.62. The van der Waals surface area contributed by atoms with Crippen molar-refractivity contribution in [3.63, 3.8) is 0 Å². The Kier molecular flexibility index (Phi) is 5.14. The van der Waals surface area contributed by atoms with Crippen LogP contribution >= 0.6 is 0 Å². The topological polar surface area (TPSA) is 101 Å². The molecule has 1 atom stereocenters. The summed E-state index contributed by atoms with van der Waals surface area (Å²) in [6.45, 7) is 3.54. The molecule has 0 bridgehead atoms. The summed E-state index contributed by atoms with van der Waals surface area (Å²) in [7, 11) is 0. The van der Waals surface area contributed by atoms with Gasteiger partial charge in [0, 0.05) is 37.2 Å². The molecule has 0 saturated carbocycles. The van der Waals surface area contributed by atoms with Gasteiger partial charge in [0.05, 0.1) is 5.69 Å². The number of nitrogens with one attached hydrogen (secondary N) is 2. The molecule has 2 N–H and O–H groups in total. The zero-order valence-electron chi connectivity index (χ0n) is 15.6. The number of piperidine rings is 1. The summed E-state index contributed by atoms with van der Waals surface area (Å²) >= 11 is 0. The first-order valence-electron chi connectivity index (χ1n) is 9.24. The fourth-order valence-corrected chi connectivity index (χ4v) is 3.31. The number of carbonyl (C=O) groups is 1. The van der Waals surface area contributed by atoms with E-state index >= 15 is 0 Å². The first-order chi connectivity index (χ1) is 13.7. The minimum absolute atomic E-state index is 0.0406. The zero-order valence-corrected chi connectivity index (χ0v) is 15.6. The van der Waals surface area contributed by atoms with Crippen molar-refractivity contribution in [2.75, 3.05) is 23.3 Å². The maximum absolute atomic E-state index is 12.6. The Labute approximate surface area is 162 Å². The standard InChI is InChI=1S/C19H22N8O/c1-14-5-6-16(27-12-22-23-13-27)10-17(14)25-19(28)24-15-4-2-9-26(11-15)18-20-7-3-8-21-18/h3,5-8,10,12-13,15H,2,4,9,11H2,1H3,(H2,24,25,28). The van der Waals surface area contributed by atoms with E-state index in [4.69, 9.17) is 0 Å². The Morgan fingerprint density at radius 2 is 1.96 bits per heavy atom. The van der Waals surface area contributed by atoms with E-state index in [9.17, 15) is 4.79 Å². The van der Waals surface area contributed by atoms with Crippen LogP contribution in [-0.2, 0) is 0 Å². The summed E-state index contributed by atoms with van der Waals surface area (Å²) in [6.07, 6.45) is 8.62. The van der Waals surface area contributed by atoms with Crippen LogP contribution in [0.4, 0.5) is 16.4 Å². The van der Waals surface area contributed by atoms with Crippen molar-refractivity contribution in [2.24, 2.45) is 0 Å². The second-order valence-corrected chi connectivity index (χ2v) is 6.80. The quantitative estimate of drug-likeness (QED) is 0.721. The highest BCUT2D eigenvalue weighted by molar-refractivity contribution is 5.90. The molecular weight excluding hydrogens is 356 g/mol. The molecule has 9 nitrogen and oxygen atoms in total. The largest absolute Gasteiger partial charge is 0.339 e. The lowest BCUT2D eigenvalue weighted by atomic mass is 10.1. The summed E-state index contributed by atoms with van der Waals surface area (Å²) in [4.78, 5) is 23.3. The van der Waals surface area contributed by atoms with Crippen LogP contribution in [-0.4, -0.2) is 49.9 Å². The number of rotatable bonds is 4. The van der Waals surface area contributed by atoms with Crippen LogP contribution < -0.4 is 15.5 Å². The summed E-state index contributed by atoms with van der Waals surface area (Å²) < 4.78 is 1.79. The molecule has 28 heavy (non-hydrogen) atoms. The molecule has 0 spiro atoms. The molecule has 1 saturated heterocycles. The molecule has 1 aliphatic rings. The van der Waals surface area contributed by atoms with Crippen LogP contribution in [0.5, 0.6) is 0 Å². The lowest BCUT2D eigenvalue weighted by molar-refractivity contribution is 0.246. The third-order valence-electron chi connectivity index (χ3n) is 4.78. The van der Waals surface area contributed by atoms with Crippen molar-refractivity contribution in [1.29, 1.82) is 0 Å². The van der Waals surface area contributed by atoms with Gasteiger partial charge in [0.1, 0.15) is 12.7 Å². The van der Waals surface area contributed by atoms with Gasteiger partial charge in [0.2, 0.25) is 5.95 Å². The number of nitrogens with zero attached hydrogens (tertiary/aromatic N) is 6. The number of anilines is 2. The average Bonchev–Trinajstić information content (AvgIpc) is 3.25. The lowest BCUT2D eigenvalue weighted by Gasteiger charge is -2.33. The van der Waals surface area contributed by atoms with Crippen molar-refractivity contribution in [1.82, 2.24) is 30.0 Å². The van der Waals surface area contributed by atoms with Gasteiger partial charge in [-0.25, -0.2) is 14.8 Å². The summed E-state index contributed by atoms with van der Waals surface area (Å²) in [6, 6.07) is 7.44. The highest BCUT2D eigenvalue weighted by Crippen LogP contribution is 2.20. The van der Waals surface area contributed by atoms with Crippen molar-refractivity contribution < 1.29 is 4.79 Å². The molecule has 0 aliphatic carbocycles. The third-order valence-corrected chi connectivity index (χ3v) is 4.78. The highest BCUT2D eigenvalue weighted by Gasteiger charge is 2.23. The lowest BCUT2D eigenvalue weighted by Crippen LogP contribution is -2.49. The van der Waals surface area contributed by atoms with E-state index in [1.165, 1.54) is 0 Å². The molecule has 1 aromatic carbocycles. The predicted octanol–water partition coefficient (Wildman–Crippen LogP) is 2.16. The first-order valence-corrected chi connectivity index (χ1v) is 9.24. The van der Waals surface area contributed by atoms with Crippen molar-refractivity contribution in [2.45, 2.75) is 25.8 Å². The number of aryl methyl sites for hydroxylation is 1. The molecule has 2 amide bonds. The van der Waals surface area contributed by atoms with E-state index < -0.39 is 0 Å². The van der Waals surface area contributed by atoms with E-state index in [1.54, 1.807) is 35.7 Å². The molecule has 144 valence electrons. The van der Waals surface area contributed by atoms with E-state index in [2.05, 4.69) is 35.7 Å². The van der Waals surface area contributed by atoms with E-state index in [0.717, 1.165) is 36.3 Å². The number of urea groups is 1. The number of hydrogen-bond acceptors (Lipinski definition) is 6. The number of amides is 2. The highest BCUT2D eigenvalue weighted by atomic mass is 16.2. The Morgan fingerprint density at radius 3 is 2.75 bits per heavy atom. The van der Waals surface area contributed by atoms with Crippen LogP contribution in [0.3, 0.4) is 0 Å². The van der Waals surface area contributed by atoms with Gasteiger partial charge in [0.25, 0.3) is 0 Å². The maximum atomic E-state index is 12.6. The normalized spacial score (nSPS) is 16.6.